The van der Waals surface area contributed by atoms with Crippen LogP contribution in [0.4, 0.5) is 0 Å². The Kier molecular flexibility index (Phi) is 24.1. The number of unbranched alkanes of at least 4 members (excludes halogenated alkanes) is 15. The van der Waals surface area contributed by atoms with Crippen LogP contribution in [-0.2, 0) is 0 Å². The maximum atomic E-state index is 2.52. The smallest absolute Gasteiger partial charge is 0.0782 e. The number of nitrogens with zero attached hydrogens (tertiary/aromatic N) is 1. The molecule has 0 spiro atoms. The Balaban J connectivity index is 0. The molecule has 0 aromatic heterocycles. The van der Waals surface area contributed by atoms with Crippen molar-refractivity contribution in [3.05, 3.63) is 0 Å². The second-order valence-electron chi connectivity index (χ2n) is 13.4. The zero-order valence-electron chi connectivity index (χ0n) is 26.2. The number of halogens is 1. The van der Waals surface area contributed by atoms with Crippen molar-refractivity contribution in [1.29, 1.82) is 0 Å². The first-order valence-electron chi connectivity index (χ1n) is 15.9. The topological polar surface area (TPSA) is 0 Å². The highest BCUT2D eigenvalue weighted by Crippen LogP contribution is 2.45. The minimum absolute atomic E-state index is 0. The van der Waals surface area contributed by atoms with Crippen molar-refractivity contribution in [3.63, 3.8) is 0 Å². The van der Waals surface area contributed by atoms with Crippen molar-refractivity contribution in [2.24, 2.45) is 0 Å². The number of hydrogen-bond acceptors (Lipinski definition) is 0. The molecular formula is C32H70ClNSi. The lowest BCUT2D eigenvalue weighted by Crippen LogP contribution is -3.00. The zero-order chi connectivity index (χ0) is 25.9. The standard InChI is InChI=1S/C32H70NSi.ClH/c1-10-11-12-13-14-15-16-17-18-19-20-21-22-23-24-25-27-33(8,9)28-26-29-34(30(2)3,31(4)5)32(6)7;/h30-32H,10-29H2,1-9H3;1H/q+1;/p-1. The van der Waals surface area contributed by atoms with Crippen LogP contribution in [0.5, 0.6) is 0 Å². The summed E-state index contributed by atoms with van der Waals surface area (Å²) in [7, 11) is 3.75. The molecule has 0 aromatic carbocycles. The summed E-state index contributed by atoms with van der Waals surface area (Å²) in [5.74, 6) is 0. The molecule has 0 saturated carbocycles. The molecule has 0 rings (SSSR count). The van der Waals surface area contributed by atoms with E-state index in [-0.39, 0.29) is 12.4 Å². The van der Waals surface area contributed by atoms with Gasteiger partial charge in [-0.2, -0.15) is 0 Å². The Bertz CT molecular complexity index is 425. The maximum absolute atomic E-state index is 2.52. The van der Waals surface area contributed by atoms with E-state index >= 15 is 0 Å². The lowest BCUT2D eigenvalue weighted by atomic mass is 10.0. The number of rotatable bonds is 24. The fraction of sp³-hybridized carbons (Fsp3) is 1.00. The van der Waals surface area contributed by atoms with Crippen LogP contribution in [0, 0.1) is 0 Å². The molecule has 1 nitrogen and oxygen atoms in total. The van der Waals surface area contributed by atoms with Gasteiger partial charge in [-0.25, -0.2) is 0 Å². The second-order valence-corrected chi connectivity index (χ2v) is 19.6. The third kappa shape index (κ3) is 17.6. The van der Waals surface area contributed by atoms with Gasteiger partial charge in [0.25, 0.3) is 0 Å². The number of hydrogen-bond donors (Lipinski definition) is 0. The van der Waals surface area contributed by atoms with Crippen LogP contribution in [0.15, 0.2) is 0 Å². The molecule has 0 saturated heterocycles. The fourth-order valence-electron chi connectivity index (χ4n) is 6.88. The van der Waals surface area contributed by atoms with Crippen LogP contribution in [0.3, 0.4) is 0 Å². The van der Waals surface area contributed by atoms with Crippen molar-refractivity contribution in [1.82, 2.24) is 0 Å². The maximum Gasteiger partial charge on any atom is 0.0782 e. The predicted molar refractivity (Wildman–Crippen MR) is 162 cm³/mol. The lowest BCUT2D eigenvalue weighted by molar-refractivity contribution is -0.890. The Labute approximate surface area is 232 Å². The molecule has 0 unspecified atom stereocenters. The second kappa shape index (κ2) is 22.5. The van der Waals surface area contributed by atoms with Gasteiger partial charge in [-0.15, -0.1) is 0 Å². The van der Waals surface area contributed by atoms with Gasteiger partial charge in [0.2, 0.25) is 0 Å². The first-order chi connectivity index (χ1) is 16.1. The van der Waals surface area contributed by atoms with Gasteiger partial charge in [-0.3, -0.25) is 0 Å². The van der Waals surface area contributed by atoms with Gasteiger partial charge < -0.3 is 16.9 Å². The van der Waals surface area contributed by atoms with Gasteiger partial charge >= 0.3 is 0 Å². The minimum atomic E-state index is -1.21. The van der Waals surface area contributed by atoms with E-state index in [1.54, 1.807) is 0 Å². The monoisotopic (exact) mass is 531 g/mol. The third-order valence-corrected chi connectivity index (χ3v) is 16.9. The average molecular weight is 532 g/mol. The fourth-order valence-corrected chi connectivity index (χ4v) is 13.4. The van der Waals surface area contributed by atoms with Crippen LogP contribution in [-0.4, -0.2) is 39.7 Å². The van der Waals surface area contributed by atoms with Crippen molar-refractivity contribution >= 4 is 8.07 Å². The van der Waals surface area contributed by atoms with Crippen LogP contribution >= 0.6 is 0 Å². The molecule has 0 N–H and O–H groups in total. The molecule has 0 heterocycles. The van der Waals surface area contributed by atoms with Crippen LogP contribution in [0.1, 0.15) is 158 Å². The number of quaternary nitrogens is 1. The highest BCUT2D eigenvalue weighted by Gasteiger charge is 2.42. The van der Waals surface area contributed by atoms with E-state index in [4.69, 9.17) is 0 Å². The van der Waals surface area contributed by atoms with Crippen LogP contribution < -0.4 is 12.4 Å². The summed E-state index contributed by atoms with van der Waals surface area (Å²) in [5, 5.41) is 0. The largest absolute Gasteiger partial charge is 1.00 e. The Morgan fingerprint density at radius 1 is 0.457 bits per heavy atom. The molecule has 0 atom stereocenters. The lowest BCUT2D eigenvalue weighted by Gasteiger charge is -2.44. The van der Waals surface area contributed by atoms with Crippen molar-refractivity contribution in [2.45, 2.75) is 180 Å². The Morgan fingerprint density at radius 2 is 0.743 bits per heavy atom. The van der Waals surface area contributed by atoms with E-state index in [1.807, 2.05) is 0 Å². The van der Waals surface area contributed by atoms with E-state index in [0.29, 0.717) is 0 Å². The van der Waals surface area contributed by atoms with Gasteiger partial charge in [-0.1, -0.05) is 161 Å². The highest BCUT2D eigenvalue weighted by molar-refractivity contribution is 6.83. The molecule has 0 amide bonds. The first kappa shape index (κ1) is 37.6. The van der Waals surface area contributed by atoms with Crippen molar-refractivity contribution < 1.29 is 16.9 Å². The highest BCUT2D eigenvalue weighted by atomic mass is 35.5. The summed E-state index contributed by atoms with van der Waals surface area (Å²) in [6.07, 6.45) is 24.8. The summed E-state index contributed by atoms with van der Waals surface area (Å²) in [4.78, 5) is 0. The zero-order valence-corrected chi connectivity index (χ0v) is 28.0. The molecule has 0 fully saturated rings. The van der Waals surface area contributed by atoms with Gasteiger partial charge in [0.15, 0.2) is 0 Å². The molecule has 0 aliphatic carbocycles. The Hall–Kier alpha value is 0.467. The summed E-state index contributed by atoms with van der Waals surface area (Å²) in [5.41, 5.74) is 2.72. The molecule has 0 aromatic rings. The van der Waals surface area contributed by atoms with E-state index in [1.165, 1.54) is 133 Å². The Morgan fingerprint density at radius 3 is 1.06 bits per heavy atom. The first-order valence-corrected chi connectivity index (χ1v) is 18.4. The molecule has 35 heavy (non-hydrogen) atoms. The summed E-state index contributed by atoms with van der Waals surface area (Å²) in [6, 6.07) is 1.53. The van der Waals surface area contributed by atoms with E-state index < -0.39 is 8.07 Å². The molecule has 0 radical (unpaired) electrons. The quantitative estimate of drug-likeness (QED) is 0.0666. The van der Waals surface area contributed by atoms with E-state index in [9.17, 15) is 0 Å². The average Bonchev–Trinajstić information content (AvgIpc) is 2.75. The van der Waals surface area contributed by atoms with E-state index in [0.717, 1.165) is 16.6 Å². The summed E-state index contributed by atoms with van der Waals surface area (Å²) < 4.78 is 1.23. The van der Waals surface area contributed by atoms with Gasteiger partial charge in [0, 0.05) is 0 Å². The van der Waals surface area contributed by atoms with Gasteiger partial charge in [0.05, 0.1) is 35.3 Å². The molecule has 0 aliphatic heterocycles. The summed E-state index contributed by atoms with van der Waals surface area (Å²) >= 11 is 0. The molecular weight excluding hydrogens is 462 g/mol. The van der Waals surface area contributed by atoms with E-state index in [2.05, 4.69) is 62.6 Å². The van der Waals surface area contributed by atoms with Crippen molar-refractivity contribution in [3.8, 4) is 0 Å². The molecule has 214 valence electrons. The van der Waals surface area contributed by atoms with Crippen LogP contribution in [0.25, 0.3) is 0 Å². The molecule has 0 bridgehead atoms. The molecule has 3 heteroatoms. The predicted octanol–water partition coefficient (Wildman–Crippen LogP) is 8.40. The van der Waals surface area contributed by atoms with Crippen molar-refractivity contribution in [2.75, 3.05) is 27.2 Å². The minimum Gasteiger partial charge on any atom is -1.00 e. The summed E-state index contributed by atoms with van der Waals surface area (Å²) in [6.45, 7) is 20.2. The van der Waals surface area contributed by atoms with Crippen LogP contribution in [0.2, 0.25) is 22.7 Å². The van der Waals surface area contributed by atoms with Gasteiger partial charge in [-0.05, 0) is 19.3 Å². The van der Waals surface area contributed by atoms with Gasteiger partial charge in [0.1, 0.15) is 0 Å². The molecule has 0 aliphatic rings. The SMILES string of the molecule is CCCCCCCCCCCCCCCCCC[N+](C)(C)CCC[Si](C(C)C)(C(C)C)C(C)C.[Cl-]. The normalized spacial score (nSPS) is 12.7. The third-order valence-electron chi connectivity index (χ3n) is 9.21.